The van der Waals surface area contributed by atoms with Gasteiger partial charge in [-0.2, -0.15) is 143 Å². The first-order valence-electron chi connectivity index (χ1n) is 25.1. The summed E-state index contributed by atoms with van der Waals surface area (Å²) in [5, 5.41) is 13.4. The normalized spacial score (nSPS) is 14.7. The van der Waals surface area contributed by atoms with Gasteiger partial charge in [-0.3, -0.25) is 0 Å². The number of hydrogen-bond acceptors (Lipinski definition) is 4. The third kappa shape index (κ3) is 15.9. The Morgan fingerprint density at radius 3 is 0.674 bits per heavy atom. The fourth-order valence-corrected chi connectivity index (χ4v) is 9.71. The van der Waals surface area contributed by atoms with Crippen molar-refractivity contribution in [2.24, 2.45) is 0 Å². The Bertz CT molecular complexity index is 3160. The number of aromatic nitrogens is 6. The largest absolute Gasteiger partial charge is 0.416 e. The van der Waals surface area contributed by atoms with Gasteiger partial charge in [-0.25, -0.2) is 14.0 Å². The van der Waals surface area contributed by atoms with Crippen LogP contribution < -0.4 is 27.6 Å². The second-order valence-corrected chi connectivity index (χ2v) is 19.4. The Kier molecular flexibility index (Phi) is 20.4. The number of nitrogens with zero attached hydrogens (tertiary/aromatic N) is 6. The van der Waals surface area contributed by atoms with Gasteiger partial charge >= 0.3 is 49.4 Å². The quantitative estimate of drug-likeness (QED) is 0.0712. The monoisotopic (exact) mass is 1380 g/mol. The molecule has 1 radical (unpaired) electrons. The molecule has 89 heavy (non-hydrogen) atoms. The Morgan fingerprint density at radius 2 is 0.506 bits per heavy atom. The first-order valence-corrected chi connectivity index (χ1v) is 25.1. The number of alkyl halides is 24. The van der Waals surface area contributed by atoms with Crippen molar-refractivity contribution in [3.05, 3.63) is 227 Å². The predicted octanol–water partition coefficient (Wildman–Crippen LogP) is 15.5. The van der Waals surface area contributed by atoms with Crippen molar-refractivity contribution < 1.29 is 125 Å². The molecular formula is C56H39BF24N7Rh-. The molecule has 33 heteroatoms. The molecule has 9 rings (SSSR count). The zero-order chi connectivity index (χ0) is 65.3. The van der Waals surface area contributed by atoms with E-state index < -0.39 is 200 Å². The number of rotatable bonds is 8. The molecule has 479 valence electrons. The minimum absolute atomic E-state index is 0. The van der Waals surface area contributed by atoms with Crippen LogP contribution in [-0.4, -0.2) is 35.5 Å². The molecule has 8 aromatic rings. The van der Waals surface area contributed by atoms with Crippen LogP contribution in [0.1, 0.15) is 75.8 Å². The number of halogens is 24. The first kappa shape index (κ1) is 70.1. The molecule has 0 bridgehead atoms. The number of benzene rings is 5. The zero-order valence-corrected chi connectivity index (χ0v) is 46.0. The molecule has 3 heterocycles. The molecule has 5 aromatic carbocycles. The van der Waals surface area contributed by atoms with E-state index in [4.69, 9.17) is 5.73 Å². The molecule has 1 aliphatic carbocycles. The van der Waals surface area contributed by atoms with E-state index in [9.17, 15) is 105 Å². The number of anilines is 1. The molecule has 0 fully saturated rings. The fourth-order valence-electron chi connectivity index (χ4n) is 9.71. The molecule has 0 saturated carbocycles. The summed E-state index contributed by atoms with van der Waals surface area (Å²) >= 11 is 0. The van der Waals surface area contributed by atoms with Gasteiger partial charge in [0.1, 0.15) is 6.15 Å². The number of nitrogens with two attached hydrogens (primary N) is 1. The standard InChI is InChI=1S/C32H12BF24.C16H15N7.C8H12.Rh/c34-25(35,36)13-1-14(26(37,38)39)6-21(5-13)33(22-7-15(27(40,41)42)2-16(8-22)28(43,44)45,23-9-17(29(46,47)48)3-18(10-23)30(49,50)51)24-11-19(31(52,53)54)4-20(12-24)32(55,56)57;17-15-6-4-14(5-7-15)16(21-11-1-8-18-21,22-12-2-9-19-22)23-13-3-10-20-23;1-2-4-6-8-7-5-3-1;/h1-12H;1-13H,17H2;1-2,7-8H,3-6H2;/q-1;;;/b;;2-1-,8-7-;. The second kappa shape index (κ2) is 25.9. The molecule has 0 spiro atoms. The molecule has 7 nitrogen and oxygen atoms in total. The third-order valence-corrected chi connectivity index (χ3v) is 13.5. The van der Waals surface area contributed by atoms with Gasteiger partial charge in [-0.05, 0) is 80.3 Å². The van der Waals surface area contributed by atoms with Crippen molar-refractivity contribution in [3.8, 4) is 0 Å². The van der Waals surface area contributed by atoms with Gasteiger partial charge in [-0.1, -0.05) is 85.0 Å². The van der Waals surface area contributed by atoms with Gasteiger partial charge in [0.25, 0.3) is 5.79 Å². The molecule has 0 aliphatic heterocycles. The van der Waals surface area contributed by atoms with E-state index in [0.717, 1.165) is 5.56 Å². The van der Waals surface area contributed by atoms with Crippen LogP contribution in [-0.2, 0) is 74.7 Å². The van der Waals surface area contributed by atoms with E-state index in [0.29, 0.717) is 5.69 Å². The SMILES string of the molecule is C1=C\CC/C=C\CC/1.FC(F)(F)c1cc([B-](c2cc(C(F)(F)F)cc(C(F)(F)F)c2)(c2cc(C(F)(F)F)cc(C(F)(F)F)c2)c2cc(C(F)(F)F)cc(C(F)(F)F)c2)cc(C(F)(F)F)c1.Nc1ccc(C(n2cccn2)(n2cccn2)n2cccn2)cc1.[Rh]. The molecule has 1 aliphatic rings. The van der Waals surface area contributed by atoms with Gasteiger partial charge in [0.2, 0.25) is 0 Å². The second-order valence-electron chi connectivity index (χ2n) is 19.4. The van der Waals surface area contributed by atoms with Crippen LogP contribution in [0.4, 0.5) is 111 Å². The zero-order valence-electron chi connectivity index (χ0n) is 44.3. The maximum atomic E-state index is 14.2. The summed E-state index contributed by atoms with van der Waals surface area (Å²) in [6, 6.07) is 4.45. The summed E-state index contributed by atoms with van der Waals surface area (Å²) < 4.78 is 346. The van der Waals surface area contributed by atoms with Crippen molar-refractivity contribution in [1.82, 2.24) is 29.3 Å². The van der Waals surface area contributed by atoms with E-state index in [2.05, 4.69) is 39.6 Å². The average Bonchev–Trinajstić information content (AvgIpc) is 1.72. The third-order valence-electron chi connectivity index (χ3n) is 13.5. The number of nitrogen functional groups attached to an aromatic ring is 1. The Hall–Kier alpha value is -7.98. The molecule has 0 saturated heterocycles. The fraction of sp³-hybridized carbons (Fsp3) is 0.232. The van der Waals surface area contributed by atoms with Gasteiger partial charge in [0, 0.05) is 67.9 Å². The van der Waals surface area contributed by atoms with Crippen LogP contribution >= 0.6 is 0 Å². The minimum Gasteiger partial charge on any atom is -0.399 e. The van der Waals surface area contributed by atoms with E-state index in [1.165, 1.54) is 25.7 Å². The smallest absolute Gasteiger partial charge is 0.399 e. The first-order chi connectivity index (χ1) is 40.6. The Morgan fingerprint density at radius 1 is 0.303 bits per heavy atom. The van der Waals surface area contributed by atoms with E-state index in [1.54, 1.807) is 18.6 Å². The molecular weight excluding hydrogens is 1340 g/mol. The summed E-state index contributed by atoms with van der Waals surface area (Å²) in [5.41, 5.74) is -22.7. The van der Waals surface area contributed by atoms with Crippen LogP contribution in [0.2, 0.25) is 0 Å². The summed E-state index contributed by atoms with van der Waals surface area (Å²) in [7, 11) is 0. The van der Waals surface area contributed by atoms with Crippen molar-refractivity contribution >= 4 is 33.7 Å². The van der Waals surface area contributed by atoms with Gasteiger partial charge in [-0.15, -0.1) is 0 Å². The Labute approximate surface area is 499 Å². The molecule has 0 atom stereocenters. The van der Waals surface area contributed by atoms with E-state index >= 15 is 0 Å². The van der Waals surface area contributed by atoms with Crippen LogP contribution in [0.5, 0.6) is 0 Å². The summed E-state index contributed by atoms with van der Waals surface area (Å²) in [4.78, 5) is 0. The summed E-state index contributed by atoms with van der Waals surface area (Å²) in [6.07, 6.45) is -29.9. The molecule has 2 N–H and O–H groups in total. The number of hydrogen-bond donors (Lipinski definition) is 1. The average molecular weight is 1380 g/mol. The van der Waals surface area contributed by atoms with Crippen molar-refractivity contribution in [2.75, 3.05) is 5.73 Å². The van der Waals surface area contributed by atoms with Crippen LogP contribution in [0.25, 0.3) is 0 Å². The van der Waals surface area contributed by atoms with Crippen LogP contribution in [0, 0.1) is 0 Å². The molecule has 0 amide bonds. The van der Waals surface area contributed by atoms with Crippen molar-refractivity contribution in [3.63, 3.8) is 0 Å². The number of allylic oxidation sites excluding steroid dienone is 4. The topological polar surface area (TPSA) is 79.5 Å². The molecule has 3 aromatic heterocycles. The van der Waals surface area contributed by atoms with Crippen LogP contribution in [0.15, 0.2) is 177 Å². The summed E-state index contributed by atoms with van der Waals surface area (Å²) in [5.74, 6) is -0.885. The predicted molar refractivity (Wildman–Crippen MR) is 272 cm³/mol. The van der Waals surface area contributed by atoms with Crippen molar-refractivity contribution in [1.29, 1.82) is 0 Å². The minimum atomic E-state index is -6.13. The Balaban J connectivity index is 0.000000318. The maximum Gasteiger partial charge on any atom is 0.416 e. The molecule has 0 unspecified atom stereocenters. The maximum absolute atomic E-state index is 14.2. The van der Waals surface area contributed by atoms with Gasteiger partial charge < -0.3 is 5.73 Å². The summed E-state index contributed by atoms with van der Waals surface area (Å²) in [6.45, 7) is 0. The van der Waals surface area contributed by atoms with E-state index in [1.807, 2.05) is 75.1 Å². The van der Waals surface area contributed by atoms with Gasteiger partial charge in [0.05, 0.1) is 44.5 Å². The van der Waals surface area contributed by atoms with Crippen molar-refractivity contribution in [2.45, 2.75) is 80.9 Å². The van der Waals surface area contributed by atoms with E-state index in [-0.39, 0.29) is 19.5 Å². The van der Waals surface area contributed by atoms with Crippen LogP contribution in [0.3, 0.4) is 0 Å². The van der Waals surface area contributed by atoms with Gasteiger partial charge in [0.15, 0.2) is 0 Å².